The van der Waals surface area contributed by atoms with Gasteiger partial charge in [-0.15, -0.1) is 11.3 Å². The van der Waals surface area contributed by atoms with Crippen LogP contribution in [-0.2, 0) is 0 Å². The summed E-state index contributed by atoms with van der Waals surface area (Å²) in [5, 5.41) is 0.894. The van der Waals surface area contributed by atoms with Gasteiger partial charge in [-0.2, -0.15) is 0 Å². The number of hydrogen-bond donors (Lipinski definition) is 1. The summed E-state index contributed by atoms with van der Waals surface area (Å²) in [6.45, 7) is 3.91. The van der Waals surface area contributed by atoms with Crippen molar-refractivity contribution in [2.45, 2.75) is 12.8 Å². The molecule has 3 aromatic rings. The van der Waals surface area contributed by atoms with Gasteiger partial charge < -0.3 is 10.6 Å². The van der Waals surface area contributed by atoms with Crippen LogP contribution in [0.15, 0.2) is 60.7 Å². The van der Waals surface area contributed by atoms with Gasteiger partial charge in [-0.05, 0) is 24.9 Å². The molecule has 1 amide bonds. The predicted octanol–water partition coefficient (Wildman–Crippen LogP) is 3.93. The summed E-state index contributed by atoms with van der Waals surface area (Å²) in [7, 11) is 0. The van der Waals surface area contributed by atoms with Crippen LogP contribution in [0.2, 0.25) is 0 Å². The van der Waals surface area contributed by atoms with Crippen molar-refractivity contribution in [1.82, 2.24) is 9.88 Å². The summed E-state index contributed by atoms with van der Waals surface area (Å²) in [6, 6.07) is 20.4. The maximum absolute atomic E-state index is 13.2. The monoisotopic (exact) mass is 377 g/mol. The van der Waals surface area contributed by atoms with E-state index in [1.54, 1.807) is 0 Å². The van der Waals surface area contributed by atoms with Crippen LogP contribution in [0.5, 0.6) is 0 Å². The highest BCUT2D eigenvalue weighted by molar-refractivity contribution is 7.17. The standard InChI is InChI=1S/C22H23N3OS/c1-15-20(27-21(24-15)17-10-6-3-7-11-17)22(26)25-13-18(12-23)19(14-25)16-8-4-2-5-9-16/h2-11,18-19H,12-14,23H2,1H3/t18-,19+/m1/s1. The summed E-state index contributed by atoms with van der Waals surface area (Å²) >= 11 is 1.48. The largest absolute Gasteiger partial charge is 0.337 e. The van der Waals surface area contributed by atoms with E-state index in [2.05, 4.69) is 17.1 Å². The van der Waals surface area contributed by atoms with Crippen LogP contribution in [-0.4, -0.2) is 35.4 Å². The minimum atomic E-state index is 0.0732. The number of aryl methyl sites for hydroxylation is 1. The van der Waals surface area contributed by atoms with Crippen molar-refractivity contribution in [3.05, 3.63) is 76.8 Å². The minimum Gasteiger partial charge on any atom is -0.337 e. The summed E-state index contributed by atoms with van der Waals surface area (Å²) in [6.07, 6.45) is 0. The van der Waals surface area contributed by atoms with Crippen LogP contribution in [0.25, 0.3) is 10.6 Å². The molecule has 5 heteroatoms. The molecule has 1 aromatic heterocycles. The Morgan fingerprint density at radius 3 is 2.44 bits per heavy atom. The molecule has 2 aromatic carbocycles. The fourth-order valence-electron chi connectivity index (χ4n) is 3.80. The van der Waals surface area contributed by atoms with E-state index in [1.165, 1.54) is 16.9 Å². The third kappa shape index (κ3) is 3.53. The van der Waals surface area contributed by atoms with E-state index in [9.17, 15) is 4.79 Å². The number of nitrogens with zero attached hydrogens (tertiary/aromatic N) is 2. The fraction of sp³-hybridized carbons (Fsp3) is 0.273. The van der Waals surface area contributed by atoms with Crippen LogP contribution in [0.1, 0.15) is 26.8 Å². The number of benzene rings is 2. The number of thiazole rings is 1. The smallest absolute Gasteiger partial charge is 0.265 e. The molecule has 0 saturated carbocycles. The number of likely N-dealkylation sites (tertiary alicyclic amines) is 1. The van der Waals surface area contributed by atoms with Gasteiger partial charge in [0.15, 0.2) is 0 Å². The normalized spacial score (nSPS) is 19.4. The molecule has 1 saturated heterocycles. The van der Waals surface area contributed by atoms with Gasteiger partial charge >= 0.3 is 0 Å². The molecule has 2 atom stereocenters. The number of carbonyl (C=O) groups is 1. The van der Waals surface area contributed by atoms with E-state index in [0.29, 0.717) is 25.6 Å². The zero-order valence-corrected chi connectivity index (χ0v) is 16.2. The lowest BCUT2D eigenvalue weighted by atomic mass is 9.89. The number of hydrogen-bond acceptors (Lipinski definition) is 4. The molecule has 1 aliphatic rings. The molecule has 0 unspecified atom stereocenters. The van der Waals surface area contributed by atoms with E-state index in [4.69, 9.17) is 5.73 Å². The molecule has 2 heterocycles. The Balaban J connectivity index is 1.58. The summed E-state index contributed by atoms with van der Waals surface area (Å²) in [5.41, 5.74) is 9.13. The van der Waals surface area contributed by atoms with E-state index < -0.39 is 0 Å². The predicted molar refractivity (Wildman–Crippen MR) is 110 cm³/mol. The molecule has 4 rings (SSSR count). The van der Waals surface area contributed by atoms with E-state index in [1.807, 2.05) is 60.4 Å². The first-order valence-corrected chi connectivity index (χ1v) is 10.1. The Labute approximate surface area is 163 Å². The summed E-state index contributed by atoms with van der Waals surface area (Å²) in [4.78, 5) is 20.5. The third-order valence-corrected chi connectivity index (χ3v) is 6.46. The van der Waals surface area contributed by atoms with Crippen molar-refractivity contribution >= 4 is 17.2 Å². The Morgan fingerprint density at radius 2 is 1.78 bits per heavy atom. The molecule has 4 nitrogen and oxygen atoms in total. The number of amides is 1. The maximum atomic E-state index is 13.2. The highest BCUT2D eigenvalue weighted by atomic mass is 32.1. The Kier molecular flexibility index (Phi) is 5.05. The quantitative estimate of drug-likeness (QED) is 0.749. The van der Waals surface area contributed by atoms with Crippen LogP contribution in [0.3, 0.4) is 0 Å². The molecule has 2 N–H and O–H groups in total. The van der Waals surface area contributed by atoms with Crippen LogP contribution in [0, 0.1) is 12.8 Å². The molecule has 138 valence electrons. The molecule has 27 heavy (non-hydrogen) atoms. The lowest BCUT2D eigenvalue weighted by Gasteiger charge is -2.16. The second-order valence-corrected chi connectivity index (χ2v) is 8.02. The number of rotatable bonds is 4. The molecule has 0 spiro atoms. The molecule has 0 aliphatic carbocycles. The zero-order chi connectivity index (χ0) is 18.8. The Morgan fingerprint density at radius 1 is 1.11 bits per heavy atom. The average Bonchev–Trinajstić information content (AvgIpc) is 3.33. The Bertz CT molecular complexity index is 923. The van der Waals surface area contributed by atoms with E-state index >= 15 is 0 Å². The lowest BCUT2D eigenvalue weighted by Crippen LogP contribution is -2.29. The molecular formula is C22H23N3OS. The average molecular weight is 378 g/mol. The number of aromatic nitrogens is 1. The van der Waals surface area contributed by atoms with E-state index in [0.717, 1.165) is 21.1 Å². The molecule has 1 aliphatic heterocycles. The highest BCUT2D eigenvalue weighted by Gasteiger charge is 2.36. The van der Waals surface area contributed by atoms with Gasteiger partial charge in [0.25, 0.3) is 5.91 Å². The first-order chi connectivity index (χ1) is 13.2. The van der Waals surface area contributed by atoms with E-state index in [-0.39, 0.29) is 11.8 Å². The van der Waals surface area contributed by atoms with Crippen molar-refractivity contribution in [3.8, 4) is 10.6 Å². The zero-order valence-electron chi connectivity index (χ0n) is 15.3. The molecule has 1 fully saturated rings. The van der Waals surface area contributed by atoms with Crippen molar-refractivity contribution in [2.24, 2.45) is 11.7 Å². The highest BCUT2D eigenvalue weighted by Crippen LogP contribution is 2.35. The topological polar surface area (TPSA) is 59.2 Å². The van der Waals surface area contributed by atoms with Gasteiger partial charge in [-0.1, -0.05) is 60.7 Å². The number of nitrogens with two attached hydrogens (primary N) is 1. The van der Waals surface area contributed by atoms with Gasteiger partial charge in [0, 0.05) is 24.6 Å². The maximum Gasteiger partial charge on any atom is 0.265 e. The molecular weight excluding hydrogens is 354 g/mol. The Hall–Kier alpha value is -2.50. The second kappa shape index (κ2) is 7.62. The van der Waals surface area contributed by atoms with Gasteiger partial charge in [-0.3, -0.25) is 4.79 Å². The summed E-state index contributed by atoms with van der Waals surface area (Å²) < 4.78 is 0. The minimum absolute atomic E-state index is 0.0732. The van der Waals surface area contributed by atoms with Crippen LogP contribution >= 0.6 is 11.3 Å². The summed E-state index contributed by atoms with van der Waals surface area (Å²) in [5.74, 6) is 0.657. The fourth-order valence-corrected chi connectivity index (χ4v) is 4.84. The molecule has 0 radical (unpaired) electrons. The first-order valence-electron chi connectivity index (χ1n) is 9.24. The lowest BCUT2D eigenvalue weighted by molar-refractivity contribution is 0.0790. The van der Waals surface area contributed by atoms with Crippen LogP contribution < -0.4 is 5.73 Å². The van der Waals surface area contributed by atoms with Crippen molar-refractivity contribution in [2.75, 3.05) is 19.6 Å². The van der Waals surface area contributed by atoms with Gasteiger partial charge in [0.1, 0.15) is 9.88 Å². The van der Waals surface area contributed by atoms with Crippen LogP contribution in [0.4, 0.5) is 0 Å². The molecule has 0 bridgehead atoms. The van der Waals surface area contributed by atoms with Gasteiger partial charge in [0.05, 0.1) is 5.69 Å². The second-order valence-electron chi connectivity index (χ2n) is 7.02. The third-order valence-electron chi connectivity index (χ3n) is 5.27. The van der Waals surface area contributed by atoms with Gasteiger partial charge in [-0.25, -0.2) is 4.98 Å². The van der Waals surface area contributed by atoms with Crippen molar-refractivity contribution in [3.63, 3.8) is 0 Å². The van der Waals surface area contributed by atoms with Crippen molar-refractivity contribution in [1.29, 1.82) is 0 Å². The van der Waals surface area contributed by atoms with Crippen molar-refractivity contribution < 1.29 is 4.79 Å². The number of carbonyl (C=O) groups excluding carboxylic acids is 1. The SMILES string of the molecule is Cc1nc(-c2ccccc2)sc1C(=O)N1C[C@@H](CN)[C@H](c2ccccc2)C1. The first kappa shape index (κ1) is 17.9. The van der Waals surface area contributed by atoms with Gasteiger partial charge in [0.2, 0.25) is 0 Å².